The molecule has 98 valence electrons. The minimum atomic E-state index is 0.247. The van der Waals surface area contributed by atoms with Gasteiger partial charge in [0.1, 0.15) is 0 Å². The Labute approximate surface area is 104 Å². The summed E-state index contributed by atoms with van der Waals surface area (Å²) in [5, 5.41) is 9.08. The monoisotopic (exact) mass is 240 g/mol. The van der Waals surface area contributed by atoms with E-state index < -0.39 is 0 Å². The van der Waals surface area contributed by atoms with E-state index in [1.165, 1.54) is 0 Å². The molecule has 0 aromatic rings. The highest BCUT2D eigenvalue weighted by atomic mass is 16.3. The zero-order valence-corrected chi connectivity index (χ0v) is 10.8. The van der Waals surface area contributed by atoms with Crippen LogP contribution in [0.15, 0.2) is 0 Å². The summed E-state index contributed by atoms with van der Waals surface area (Å²) in [4.78, 5) is 16.6. The van der Waals surface area contributed by atoms with Crippen LogP contribution < -0.4 is 0 Å². The molecule has 1 amide bonds. The van der Waals surface area contributed by atoms with Crippen LogP contribution >= 0.6 is 0 Å². The first-order valence-corrected chi connectivity index (χ1v) is 6.79. The van der Waals surface area contributed by atoms with Crippen molar-refractivity contribution < 1.29 is 9.90 Å². The predicted molar refractivity (Wildman–Crippen MR) is 66.6 cm³/mol. The van der Waals surface area contributed by atoms with Crippen molar-refractivity contribution in [3.63, 3.8) is 0 Å². The van der Waals surface area contributed by atoms with Crippen LogP contribution in [-0.2, 0) is 4.79 Å². The standard InChI is InChI=1S/C13H24N2O2/c1-14-6-4-12(5-7-14)13(17)15-8-2-11(10-16)3-9-15/h11-12,16H,2-10H2,1H3. The molecule has 0 atom stereocenters. The summed E-state index contributed by atoms with van der Waals surface area (Å²) >= 11 is 0. The predicted octanol–water partition coefficient (Wildman–Crippen LogP) is 0.559. The van der Waals surface area contributed by atoms with E-state index in [-0.39, 0.29) is 12.5 Å². The second kappa shape index (κ2) is 5.83. The molecule has 2 aliphatic heterocycles. The molecular weight excluding hydrogens is 216 g/mol. The molecule has 0 aromatic carbocycles. The molecule has 4 heteroatoms. The first-order valence-electron chi connectivity index (χ1n) is 6.79. The number of carbonyl (C=O) groups excluding carboxylic acids is 1. The van der Waals surface area contributed by atoms with Crippen molar-refractivity contribution in [1.82, 2.24) is 9.80 Å². The van der Waals surface area contributed by atoms with E-state index in [0.29, 0.717) is 11.8 Å². The zero-order valence-electron chi connectivity index (χ0n) is 10.8. The average Bonchev–Trinajstić information content (AvgIpc) is 2.39. The highest BCUT2D eigenvalue weighted by molar-refractivity contribution is 5.79. The zero-order chi connectivity index (χ0) is 12.3. The normalized spacial score (nSPS) is 25.2. The quantitative estimate of drug-likeness (QED) is 0.767. The Morgan fingerprint density at radius 2 is 1.71 bits per heavy atom. The van der Waals surface area contributed by atoms with Gasteiger partial charge in [0.05, 0.1) is 0 Å². The fourth-order valence-electron chi connectivity index (χ4n) is 2.85. The van der Waals surface area contributed by atoms with E-state index in [1.807, 2.05) is 4.90 Å². The highest BCUT2D eigenvalue weighted by Gasteiger charge is 2.29. The van der Waals surface area contributed by atoms with Gasteiger partial charge in [-0.3, -0.25) is 4.79 Å². The molecule has 2 aliphatic rings. The molecule has 2 rings (SSSR count). The molecule has 2 fully saturated rings. The van der Waals surface area contributed by atoms with Crippen LogP contribution in [0.1, 0.15) is 25.7 Å². The van der Waals surface area contributed by atoms with Crippen molar-refractivity contribution in [2.75, 3.05) is 39.8 Å². The number of rotatable bonds is 2. The molecule has 0 aliphatic carbocycles. The second-order valence-electron chi connectivity index (χ2n) is 5.53. The number of piperidine rings is 2. The van der Waals surface area contributed by atoms with Crippen molar-refractivity contribution in [1.29, 1.82) is 0 Å². The summed E-state index contributed by atoms with van der Waals surface area (Å²) < 4.78 is 0. The smallest absolute Gasteiger partial charge is 0.225 e. The van der Waals surface area contributed by atoms with Gasteiger partial charge >= 0.3 is 0 Å². The lowest BCUT2D eigenvalue weighted by Crippen LogP contribution is -2.45. The Morgan fingerprint density at radius 3 is 2.24 bits per heavy atom. The summed E-state index contributed by atoms with van der Waals surface area (Å²) in [6.07, 6.45) is 3.95. The number of aliphatic hydroxyl groups is 1. The Hall–Kier alpha value is -0.610. The molecule has 0 unspecified atom stereocenters. The molecule has 2 saturated heterocycles. The third kappa shape index (κ3) is 3.19. The number of nitrogens with zero attached hydrogens (tertiary/aromatic N) is 2. The average molecular weight is 240 g/mol. The first-order chi connectivity index (χ1) is 8.20. The minimum Gasteiger partial charge on any atom is -0.396 e. The summed E-state index contributed by atoms with van der Waals surface area (Å²) in [7, 11) is 2.12. The fraction of sp³-hybridized carbons (Fsp3) is 0.923. The lowest BCUT2D eigenvalue weighted by molar-refractivity contribution is -0.138. The van der Waals surface area contributed by atoms with E-state index >= 15 is 0 Å². The molecule has 1 N–H and O–H groups in total. The Morgan fingerprint density at radius 1 is 1.12 bits per heavy atom. The van der Waals surface area contributed by atoms with Crippen molar-refractivity contribution >= 4 is 5.91 Å². The van der Waals surface area contributed by atoms with E-state index in [9.17, 15) is 4.79 Å². The van der Waals surface area contributed by atoms with Crippen LogP contribution in [0.2, 0.25) is 0 Å². The molecule has 0 radical (unpaired) electrons. The maximum Gasteiger partial charge on any atom is 0.225 e. The molecule has 0 saturated carbocycles. The van der Waals surface area contributed by atoms with E-state index in [4.69, 9.17) is 5.11 Å². The van der Waals surface area contributed by atoms with Gasteiger partial charge < -0.3 is 14.9 Å². The van der Waals surface area contributed by atoms with E-state index in [1.54, 1.807) is 0 Å². The topological polar surface area (TPSA) is 43.8 Å². The van der Waals surface area contributed by atoms with Gasteiger partial charge in [0.15, 0.2) is 0 Å². The molecule has 17 heavy (non-hydrogen) atoms. The van der Waals surface area contributed by atoms with Gasteiger partial charge in [0.25, 0.3) is 0 Å². The summed E-state index contributed by atoms with van der Waals surface area (Å²) in [5.41, 5.74) is 0. The van der Waals surface area contributed by atoms with Crippen molar-refractivity contribution in [2.45, 2.75) is 25.7 Å². The first kappa shape index (κ1) is 12.8. The second-order valence-corrected chi connectivity index (χ2v) is 5.53. The number of hydrogen-bond donors (Lipinski definition) is 1. The van der Waals surface area contributed by atoms with Crippen LogP contribution in [0.4, 0.5) is 0 Å². The van der Waals surface area contributed by atoms with Crippen molar-refractivity contribution in [3.8, 4) is 0 Å². The fourth-order valence-corrected chi connectivity index (χ4v) is 2.85. The SMILES string of the molecule is CN1CCC(C(=O)N2CCC(CO)CC2)CC1. The van der Waals surface area contributed by atoms with Crippen molar-refractivity contribution in [2.24, 2.45) is 11.8 Å². The summed E-state index contributed by atoms with van der Waals surface area (Å²) in [5.74, 6) is 1.02. The third-order valence-corrected chi connectivity index (χ3v) is 4.25. The molecular formula is C13H24N2O2. The third-order valence-electron chi connectivity index (χ3n) is 4.25. The van der Waals surface area contributed by atoms with Gasteiger partial charge in [-0.15, -0.1) is 0 Å². The highest BCUT2D eigenvalue weighted by Crippen LogP contribution is 2.23. The van der Waals surface area contributed by atoms with Crippen LogP contribution in [0.25, 0.3) is 0 Å². The van der Waals surface area contributed by atoms with Gasteiger partial charge in [-0.05, 0) is 51.7 Å². The van der Waals surface area contributed by atoms with Gasteiger partial charge in [0, 0.05) is 25.6 Å². The van der Waals surface area contributed by atoms with Gasteiger partial charge in [-0.25, -0.2) is 0 Å². The van der Waals surface area contributed by atoms with Crippen molar-refractivity contribution in [3.05, 3.63) is 0 Å². The van der Waals surface area contributed by atoms with Crippen LogP contribution in [-0.4, -0.2) is 60.6 Å². The summed E-state index contributed by atoms with van der Waals surface area (Å²) in [6.45, 7) is 4.05. The number of carbonyl (C=O) groups is 1. The van der Waals surface area contributed by atoms with Gasteiger partial charge in [0.2, 0.25) is 5.91 Å². The Bertz CT molecular complexity index is 254. The maximum absolute atomic E-state index is 12.3. The Balaban J connectivity index is 1.80. The number of aliphatic hydroxyl groups excluding tert-OH is 1. The van der Waals surface area contributed by atoms with E-state index in [2.05, 4.69) is 11.9 Å². The maximum atomic E-state index is 12.3. The van der Waals surface area contributed by atoms with Crippen LogP contribution in [0.3, 0.4) is 0 Å². The van der Waals surface area contributed by atoms with Gasteiger partial charge in [-0.1, -0.05) is 0 Å². The molecule has 0 bridgehead atoms. The molecule has 2 heterocycles. The minimum absolute atomic E-state index is 0.247. The van der Waals surface area contributed by atoms with Gasteiger partial charge in [-0.2, -0.15) is 0 Å². The number of likely N-dealkylation sites (tertiary alicyclic amines) is 2. The van der Waals surface area contributed by atoms with Crippen LogP contribution in [0.5, 0.6) is 0 Å². The lowest BCUT2D eigenvalue weighted by atomic mass is 9.92. The number of amides is 1. The molecule has 0 aromatic heterocycles. The van der Waals surface area contributed by atoms with Crippen LogP contribution in [0, 0.1) is 11.8 Å². The summed E-state index contributed by atoms with van der Waals surface area (Å²) in [6, 6.07) is 0. The Kier molecular flexibility index (Phi) is 4.40. The lowest BCUT2D eigenvalue weighted by Gasteiger charge is -2.36. The molecule has 4 nitrogen and oxygen atoms in total. The van der Waals surface area contributed by atoms with E-state index in [0.717, 1.165) is 51.9 Å². The molecule has 0 spiro atoms. The number of hydrogen-bond acceptors (Lipinski definition) is 3. The largest absolute Gasteiger partial charge is 0.396 e.